The number of nitrogens with one attached hydrogen (secondary N) is 1. The predicted octanol–water partition coefficient (Wildman–Crippen LogP) is 1.94. The van der Waals surface area contributed by atoms with Crippen molar-refractivity contribution in [2.24, 2.45) is 5.92 Å². The number of hydrogen-bond donors (Lipinski definition) is 1. The molecule has 0 aromatic carbocycles. The Morgan fingerprint density at radius 3 is 2.93 bits per heavy atom. The maximum atomic E-state index is 4.24. The maximum Gasteiger partial charge on any atom is 0.0948 e. The Hall–Kier alpha value is -0.830. The van der Waals surface area contributed by atoms with Gasteiger partial charge < -0.3 is 9.88 Å². The number of rotatable bonds is 6. The summed E-state index contributed by atoms with van der Waals surface area (Å²) in [4.78, 5) is 4.24. The third-order valence-electron chi connectivity index (χ3n) is 3.42. The summed E-state index contributed by atoms with van der Waals surface area (Å²) in [5.74, 6) is 1.01. The second kappa shape index (κ2) is 3.97. The molecule has 0 radical (unpaired) electrons. The van der Waals surface area contributed by atoms with Crippen molar-refractivity contribution in [2.45, 2.75) is 51.2 Å². The number of aryl methyl sites for hydroxylation is 1. The van der Waals surface area contributed by atoms with Gasteiger partial charge in [0, 0.05) is 25.3 Å². The van der Waals surface area contributed by atoms with Crippen molar-refractivity contribution in [2.75, 3.05) is 0 Å². The lowest BCUT2D eigenvalue weighted by molar-refractivity contribution is 0.558. The van der Waals surface area contributed by atoms with Crippen LogP contribution in [-0.2, 0) is 13.1 Å². The Kier molecular flexibility index (Phi) is 2.49. The SMILES string of the molecule is c1ncn(CCC2CC2)c1CNC1CC1. The van der Waals surface area contributed by atoms with E-state index in [1.165, 1.54) is 37.8 Å². The zero-order chi connectivity index (χ0) is 10.1. The minimum absolute atomic E-state index is 0.789. The lowest BCUT2D eigenvalue weighted by Gasteiger charge is -2.08. The molecule has 0 unspecified atom stereocenters. The molecule has 0 atom stereocenters. The molecule has 3 heteroatoms. The van der Waals surface area contributed by atoms with Gasteiger partial charge in [-0.3, -0.25) is 0 Å². The zero-order valence-corrected chi connectivity index (χ0v) is 9.15. The van der Waals surface area contributed by atoms with Crippen LogP contribution in [0.5, 0.6) is 0 Å². The molecule has 2 aliphatic rings. The highest BCUT2D eigenvalue weighted by molar-refractivity contribution is 4.99. The molecule has 0 bridgehead atoms. The van der Waals surface area contributed by atoms with Gasteiger partial charge in [-0.05, 0) is 25.2 Å². The third kappa shape index (κ3) is 2.59. The molecule has 1 heterocycles. The summed E-state index contributed by atoms with van der Waals surface area (Å²) in [5.41, 5.74) is 1.35. The quantitative estimate of drug-likeness (QED) is 0.769. The lowest BCUT2D eigenvalue weighted by atomic mass is 10.3. The van der Waals surface area contributed by atoms with Gasteiger partial charge in [0.25, 0.3) is 0 Å². The first-order valence-corrected chi connectivity index (χ1v) is 6.14. The van der Waals surface area contributed by atoms with Gasteiger partial charge in [-0.1, -0.05) is 12.8 Å². The first kappa shape index (κ1) is 9.40. The van der Waals surface area contributed by atoms with E-state index in [1.807, 2.05) is 12.5 Å². The van der Waals surface area contributed by atoms with Gasteiger partial charge in [0.05, 0.1) is 12.0 Å². The van der Waals surface area contributed by atoms with Gasteiger partial charge in [0.15, 0.2) is 0 Å². The van der Waals surface area contributed by atoms with Gasteiger partial charge in [-0.15, -0.1) is 0 Å². The number of aromatic nitrogens is 2. The van der Waals surface area contributed by atoms with Crippen LogP contribution in [0.25, 0.3) is 0 Å². The van der Waals surface area contributed by atoms with E-state index in [0.717, 1.165) is 25.0 Å². The molecule has 1 aromatic rings. The molecule has 82 valence electrons. The monoisotopic (exact) mass is 205 g/mol. The van der Waals surface area contributed by atoms with Crippen molar-refractivity contribution in [1.82, 2.24) is 14.9 Å². The average Bonchev–Trinajstić information content (AvgIpc) is 3.14. The van der Waals surface area contributed by atoms with Crippen LogP contribution in [0, 0.1) is 5.92 Å². The lowest BCUT2D eigenvalue weighted by Crippen LogP contribution is -2.18. The summed E-state index contributed by atoms with van der Waals surface area (Å²) in [6.07, 6.45) is 10.9. The minimum Gasteiger partial charge on any atom is -0.333 e. The molecule has 2 saturated carbocycles. The summed E-state index contributed by atoms with van der Waals surface area (Å²) in [6, 6.07) is 0.789. The van der Waals surface area contributed by atoms with Crippen LogP contribution in [0.15, 0.2) is 12.5 Å². The normalized spacial score (nSPS) is 20.8. The Morgan fingerprint density at radius 2 is 2.20 bits per heavy atom. The zero-order valence-electron chi connectivity index (χ0n) is 9.15. The second-order valence-corrected chi connectivity index (χ2v) is 4.97. The van der Waals surface area contributed by atoms with E-state index in [1.54, 1.807) is 0 Å². The maximum absolute atomic E-state index is 4.24. The van der Waals surface area contributed by atoms with Gasteiger partial charge in [-0.2, -0.15) is 0 Å². The largest absolute Gasteiger partial charge is 0.333 e. The van der Waals surface area contributed by atoms with Crippen LogP contribution in [0.2, 0.25) is 0 Å². The Bertz CT molecular complexity index is 293. The summed E-state index contributed by atoms with van der Waals surface area (Å²) in [5, 5.41) is 3.54. The third-order valence-corrected chi connectivity index (χ3v) is 3.42. The van der Waals surface area contributed by atoms with Crippen molar-refractivity contribution in [1.29, 1.82) is 0 Å². The molecule has 1 N–H and O–H groups in total. The molecule has 0 amide bonds. The fourth-order valence-electron chi connectivity index (χ4n) is 1.96. The molecule has 3 nitrogen and oxygen atoms in total. The Balaban J connectivity index is 1.52. The van der Waals surface area contributed by atoms with Crippen molar-refractivity contribution in [3.8, 4) is 0 Å². The van der Waals surface area contributed by atoms with Crippen molar-refractivity contribution in [3.05, 3.63) is 18.2 Å². The van der Waals surface area contributed by atoms with Crippen LogP contribution in [0.3, 0.4) is 0 Å². The van der Waals surface area contributed by atoms with Crippen LogP contribution in [0.4, 0.5) is 0 Å². The summed E-state index contributed by atoms with van der Waals surface area (Å²) in [7, 11) is 0. The Morgan fingerprint density at radius 1 is 1.33 bits per heavy atom. The first-order valence-electron chi connectivity index (χ1n) is 6.14. The van der Waals surface area contributed by atoms with E-state index in [0.29, 0.717) is 0 Å². The molecule has 2 aliphatic carbocycles. The highest BCUT2D eigenvalue weighted by atomic mass is 15.1. The molecule has 0 saturated heterocycles. The van der Waals surface area contributed by atoms with Crippen LogP contribution in [-0.4, -0.2) is 15.6 Å². The van der Waals surface area contributed by atoms with Gasteiger partial charge in [0.1, 0.15) is 0 Å². The fraction of sp³-hybridized carbons (Fsp3) is 0.750. The van der Waals surface area contributed by atoms with Crippen molar-refractivity contribution in [3.63, 3.8) is 0 Å². The molecule has 15 heavy (non-hydrogen) atoms. The molecule has 0 spiro atoms. The van der Waals surface area contributed by atoms with E-state index >= 15 is 0 Å². The average molecular weight is 205 g/mol. The number of hydrogen-bond acceptors (Lipinski definition) is 2. The fourth-order valence-corrected chi connectivity index (χ4v) is 1.96. The molecule has 1 aromatic heterocycles. The van der Waals surface area contributed by atoms with Crippen molar-refractivity contribution < 1.29 is 0 Å². The minimum atomic E-state index is 0.789. The highest BCUT2D eigenvalue weighted by Gasteiger charge is 2.22. The molecule has 0 aliphatic heterocycles. The van der Waals surface area contributed by atoms with Crippen LogP contribution >= 0.6 is 0 Å². The molecular formula is C12H19N3. The second-order valence-electron chi connectivity index (χ2n) is 4.97. The predicted molar refractivity (Wildman–Crippen MR) is 59.4 cm³/mol. The molecule has 3 rings (SSSR count). The van der Waals surface area contributed by atoms with E-state index in [9.17, 15) is 0 Å². The standard InChI is InChI=1S/C12H19N3/c1-2-10(1)5-6-15-9-13-7-12(15)8-14-11-3-4-11/h7,9-11,14H,1-6,8H2. The van der Waals surface area contributed by atoms with E-state index in [4.69, 9.17) is 0 Å². The van der Waals surface area contributed by atoms with E-state index in [-0.39, 0.29) is 0 Å². The Labute approximate surface area is 90.9 Å². The topological polar surface area (TPSA) is 29.9 Å². The first-order chi connectivity index (χ1) is 7.42. The smallest absolute Gasteiger partial charge is 0.0948 e. The van der Waals surface area contributed by atoms with Gasteiger partial charge in [-0.25, -0.2) is 4.98 Å². The summed E-state index contributed by atoms with van der Waals surface area (Å²) < 4.78 is 2.31. The highest BCUT2D eigenvalue weighted by Crippen LogP contribution is 2.32. The van der Waals surface area contributed by atoms with Crippen LogP contribution < -0.4 is 5.32 Å². The molecule has 2 fully saturated rings. The summed E-state index contributed by atoms with van der Waals surface area (Å²) in [6.45, 7) is 2.15. The van der Waals surface area contributed by atoms with Gasteiger partial charge in [0.2, 0.25) is 0 Å². The van der Waals surface area contributed by atoms with Gasteiger partial charge >= 0.3 is 0 Å². The van der Waals surface area contributed by atoms with Crippen molar-refractivity contribution >= 4 is 0 Å². The number of imidazole rings is 1. The van der Waals surface area contributed by atoms with Crippen LogP contribution in [0.1, 0.15) is 37.8 Å². The number of nitrogens with zero attached hydrogens (tertiary/aromatic N) is 2. The summed E-state index contributed by atoms with van der Waals surface area (Å²) >= 11 is 0. The van der Waals surface area contributed by atoms with E-state index < -0.39 is 0 Å². The van der Waals surface area contributed by atoms with E-state index in [2.05, 4.69) is 14.9 Å². The molecular weight excluding hydrogens is 186 g/mol.